The van der Waals surface area contributed by atoms with E-state index in [4.69, 9.17) is 0 Å². The molecule has 0 radical (unpaired) electrons. The monoisotopic (exact) mass is 264 g/mol. The minimum atomic E-state index is -4.71. The second-order valence-corrected chi connectivity index (χ2v) is 3.35. The van der Waals surface area contributed by atoms with Gasteiger partial charge in [-0.05, 0) is 6.92 Å². The van der Waals surface area contributed by atoms with E-state index in [0.717, 1.165) is 13.2 Å². The Morgan fingerprint density at radius 1 is 1.44 bits per heavy atom. The van der Waals surface area contributed by atoms with Gasteiger partial charge in [-0.15, -0.1) is 0 Å². The van der Waals surface area contributed by atoms with Crippen molar-refractivity contribution in [1.29, 1.82) is 0 Å². The molecule has 0 unspecified atom stereocenters. The number of alkyl halides is 3. The third-order valence-corrected chi connectivity index (χ3v) is 2.19. The number of rotatable bonds is 4. The Morgan fingerprint density at radius 2 is 2.06 bits per heavy atom. The molecule has 0 heterocycles. The molecule has 0 saturated heterocycles. The Morgan fingerprint density at radius 3 is 2.44 bits per heavy atom. The minimum absolute atomic E-state index is 0.00708. The molecule has 1 aromatic rings. The molecule has 5 nitrogen and oxygen atoms in total. The summed E-state index contributed by atoms with van der Waals surface area (Å²) in [6.45, 7) is 2.02. The highest BCUT2D eigenvalue weighted by molar-refractivity contribution is 5.67. The number of methoxy groups -OCH3 is 1. The smallest absolute Gasteiger partial charge is 0.420 e. The zero-order valence-electron chi connectivity index (χ0n) is 9.67. The van der Waals surface area contributed by atoms with Crippen LogP contribution in [0.25, 0.3) is 0 Å². The van der Waals surface area contributed by atoms with Gasteiger partial charge in [-0.1, -0.05) is 0 Å². The van der Waals surface area contributed by atoms with Crippen molar-refractivity contribution in [3.8, 4) is 5.75 Å². The largest absolute Gasteiger partial charge is 0.496 e. The number of ether oxygens (including phenoxy) is 1. The van der Waals surface area contributed by atoms with Crippen LogP contribution in [0.3, 0.4) is 0 Å². The standard InChI is InChI=1S/C10H11F3N2O3/c1-3-14-7-5-9(18-2)6(10(11,12)13)4-8(7)15(16)17/h4-5,14H,3H2,1-2H3. The Hall–Kier alpha value is -1.99. The quantitative estimate of drug-likeness (QED) is 0.670. The molecular weight excluding hydrogens is 253 g/mol. The number of nitrogens with one attached hydrogen (secondary N) is 1. The van der Waals surface area contributed by atoms with Crippen LogP contribution >= 0.6 is 0 Å². The van der Waals surface area contributed by atoms with Gasteiger partial charge in [0.2, 0.25) is 0 Å². The van der Waals surface area contributed by atoms with Crippen LogP contribution < -0.4 is 10.1 Å². The first kappa shape index (κ1) is 14.1. The Labute approximate surface area is 101 Å². The van der Waals surface area contributed by atoms with Crippen molar-refractivity contribution in [3.05, 3.63) is 27.8 Å². The maximum atomic E-state index is 12.7. The van der Waals surface area contributed by atoms with Crippen molar-refractivity contribution < 1.29 is 22.8 Å². The lowest BCUT2D eigenvalue weighted by Gasteiger charge is -2.14. The molecule has 18 heavy (non-hydrogen) atoms. The van der Waals surface area contributed by atoms with Crippen molar-refractivity contribution in [2.45, 2.75) is 13.1 Å². The second-order valence-electron chi connectivity index (χ2n) is 3.35. The van der Waals surface area contributed by atoms with Crippen LogP contribution in [0.2, 0.25) is 0 Å². The molecule has 0 saturated carbocycles. The van der Waals surface area contributed by atoms with Gasteiger partial charge in [0.15, 0.2) is 0 Å². The topological polar surface area (TPSA) is 64.4 Å². The van der Waals surface area contributed by atoms with E-state index in [1.165, 1.54) is 0 Å². The number of hydrogen-bond acceptors (Lipinski definition) is 4. The van der Waals surface area contributed by atoms with Gasteiger partial charge < -0.3 is 10.1 Å². The summed E-state index contributed by atoms with van der Waals surface area (Å²) < 4.78 is 42.6. The van der Waals surface area contributed by atoms with Gasteiger partial charge >= 0.3 is 6.18 Å². The molecule has 100 valence electrons. The lowest BCUT2D eigenvalue weighted by molar-refractivity contribution is -0.384. The Balaban J connectivity index is 3.46. The molecule has 0 fully saturated rings. The maximum absolute atomic E-state index is 12.7. The minimum Gasteiger partial charge on any atom is -0.496 e. The van der Waals surface area contributed by atoms with Crippen molar-refractivity contribution in [2.24, 2.45) is 0 Å². The van der Waals surface area contributed by atoms with E-state index in [1.807, 2.05) is 0 Å². The lowest BCUT2D eigenvalue weighted by Crippen LogP contribution is -2.10. The number of halogens is 3. The maximum Gasteiger partial charge on any atom is 0.420 e. The van der Waals surface area contributed by atoms with Crippen LogP contribution in [0.15, 0.2) is 12.1 Å². The van der Waals surface area contributed by atoms with E-state index in [9.17, 15) is 23.3 Å². The van der Waals surface area contributed by atoms with E-state index in [0.29, 0.717) is 12.6 Å². The zero-order valence-corrected chi connectivity index (χ0v) is 9.67. The first-order valence-electron chi connectivity index (χ1n) is 4.98. The first-order valence-corrected chi connectivity index (χ1v) is 4.98. The van der Waals surface area contributed by atoms with Gasteiger partial charge in [-0.3, -0.25) is 10.1 Å². The number of nitro benzene ring substituents is 1. The van der Waals surface area contributed by atoms with E-state index in [1.54, 1.807) is 6.92 Å². The fraction of sp³-hybridized carbons (Fsp3) is 0.400. The van der Waals surface area contributed by atoms with Crippen LogP contribution in [0.5, 0.6) is 5.75 Å². The summed E-state index contributed by atoms with van der Waals surface area (Å²) >= 11 is 0. The number of anilines is 1. The SMILES string of the molecule is CCNc1cc(OC)c(C(F)(F)F)cc1[N+](=O)[O-]. The van der Waals surface area contributed by atoms with Crippen LogP contribution in [0, 0.1) is 10.1 Å². The van der Waals surface area contributed by atoms with E-state index < -0.39 is 28.1 Å². The lowest BCUT2D eigenvalue weighted by atomic mass is 10.1. The molecule has 0 amide bonds. The molecule has 0 aliphatic carbocycles. The predicted molar refractivity (Wildman–Crippen MR) is 58.8 cm³/mol. The third kappa shape index (κ3) is 2.82. The van der Waals surface area contributed by atoms with Gasteiger partial charge in [-0.25, -0.2) is 0 Å². The summed E-state index contributed by atoms with van der Waals surface area (Å²) in [5.74, 6) is -0.455. The Kier molecular flexibility index (Phi) is 4.00. The summed E-state index contributed by atoms with van der Waals surface area (Å²) in [5, 5.41) is 13.4. The van der Waals surface area contributed by atoms with Crippen molar-refractivity contribution in [3.63, 3.8) is 0 Å². The molecular formula is C10H11F3N2O3. The van der Waals surface area contributed by atoms with Crippen LogP contribution in [-0.4, -0.2) is 18.6 Å². The average molecular weight is 264 g/mol. The van der Waals surface area contributed by atoms with Crippen molar-refractivity contribution in [2.75, 3.05) is 19.0 Å². The normalized spacial score (nSPS) is 11.2. The molecule has 0 aliphatic heterocycles. The zero-order chi connectivity index (χ0) is 13.9. The Bertz CT molecular complexity index is 460. The molecule has 0 spiro atoms. The van der Waals surface area contributed by atoms with Crippen molar-refractivity contribution in [1.82, 2.24) is 0 Å². The van der Waals surface area contributed by atoms with Crippen molar-refractivity contribution >= 4 is 11.4 Å². The molecule has 1 aromatic carbocycles. The molecule has 1 N–H and O–H groups in total. The van der Waals surface area contributed by atoms with Crippen LogP contribution in [0.4, 0.5) is 24.5 Å². The highest BCUT2D eigenvalue weighted by Crippen LogP contribution is 2.41. The van der Waals surface area contributed by atoms with Crippen LogP contribution in [-0.2, 0) is 6.18 Å². The van der Waals surface area contributed by atoms with Gasteiger partial charge in [0.05, 0.1) is 12.0 Å². The summed E-state index contributed by atoms with van der Waals surface area (Å²) in [6.07, 6.45) is -4.71. The molecule has 1 rings (SSSR count). The second kappa shape index (κ2) is 5.11. The fourth-order valence-corrected chi connectivity index (χ4v) is 1.44. The van der Waals surface area contributed by atoms with Crippen LogP contribution in [0.1, 0.15) is 12.5 Å². The molecule has 0 aliphatic rings. The molecule has 0 aromatic heterocycles. The highest BCUT2D eigenvalue weighted by Gasteiger charge is 2.37. The van der Waals surface area contributed by atoms with Gasteiger partial charge in [0.1, 0.15) is 17.0 Å². The van der Waals surface area contributed by atoms with Gasteiger partial charge in [-0.2, -0.15) is 13.2 Å². The predicted octanol–water partition coefficient (Wildman–Crippen LogP) is 3.05. The summed E-state index contributed by atoms with van der Waals surface area (Å²) in [6, 6.07) is 1.45. The fourth-order valence-electron chi connectivity index (χ4n) is 1.44. The average Bonchev–Trinajstić information content (AvgIpc) is 2.27. The van der Waals surface area contributed by atoms with Gasteiger partial charge in [0, 0.05) is 18.7 Å². The molecule has 8 heteroatoms. The number of hydrogen-bond donors (Lipinski definition) is 1. The summed E-state index contributed by atoms with van der Waals surface area (Å²) in [5.41, 5.74) is -1.81. The summed E-state index contributed by atoms with van der Waals surface area (Å²) in [7, 11) is 1.08. The van der Waals surface area contributed by atoms with E-state index >= 15 is 0 Å². The number of benzene rings is 1. The molecule has 0 atom stereocenters. The third-order valence-electron chi connectivity index (χ3n) is 2.19. The molecule has 0 bridgehead atoms. The highest BCUT2D eigenvalue weighted by atomic mass is 19.4. The van der Waals surface area contributed by atoms with E-state index in [-0.39, 0.29) is 5.69 Å². The van der Waals surface area contributed by atoms with Gasteiger partial charge in [0.25, 0.3) is 5.69 Å². The number of nitro groups is 1. The van der Waals surface area contributed by atoms with E-state index in [2.05, 4.69) is 10.1 Å². The summed E-state index contributed by atoms with van der Waals surface area (Å²) in [4.78, 5) is 9.86. The number of nitrogens with zero attached hydrogens (tertiary/aromatic N) is 1. The first-order chi connectivity index (χ1) is 8.31.